The molecule has 0 spiro atoms. The van der Waals surface area contributed by atoms with Gasteiger partial charge in [0.1, 0.15) is 19.3 Å². The van der Waals surface area contributed by atoms with Gasteiger partial charge in [0.25, 0.3) is 0 Å². The second-order valence-electron chi connectivity index (χ2n) is 23.0. The zero-order valence-electron chi connectivity index (χ0n) is 51.4. The number of carbonyl (C=O) groups excluding carboxylic acids is 4. The normalized spacial score (nSPS) is 14.4. The van der Waals surface area contributed by atoms with Crippen LogP contribution in [0.5, 0.6) is 0 Å². The van der Waals surface area contributed by atoms with Gasteiger partial charge in [-0.15, -0.1) is 0 Å². The number of phosphoric acid groups is 2. The molecule has 0 saturated carbocycles. The van der Waals surface area contributed by atoms with Gasteiger partial charge in [0.05, 0.1) is 26.4 Å². The Labute approximate surface area is 486 Å². The standard InChI is InChI=1S/C61H118O17P2/c1-7-9-11-13-14-15-16-19-22-25-32-38-44-59(64)72-50-57(77-60(65)45-39-33-26-23-20-17-18-21-24-30-35-41-53(3)4)52-76-80(69,70)74-48-55(62)47-73-79(67,68)75-51-56(49-71-58(63)43-37-29-12-10-8-2)78-61(66)46-40-34-28-27-31-36-42-54(5)6/h53-57,62H,7-52H2,1-6H3,(H,67,68)(H,69,70)/t55-,56+,57+/m0/s1. The predicted molar refractivity (Wildman–Crippen MR) is 317 cm³/mol. The smallest absolute Gasteiger partial charge is 0.462 e. The van der Waals surface area contributed by atoms with E-state index in [1.54, 1.807) is 0 Å². The zero-order valence-corrected chi connectivity index (χ0v) is 53.2. The second-order valence-corrected chi connectivity index (χ2v) is 25.9. The van der Waals surface area contributed by atoms with Crippen LogP contribution in [-0.2, 0) is 65.4 Å². The number of unbranched alkanes of at least 4 members (excludes halogenated alkanes) is 30. The Kier molecular flexibility index (Phi) is 52.5. The van der Waals surface area contributed by atoms with E-state index in [4.69, 9.17) is 37.0 Å². The van der Waals surface area contributed by atoms with Gasteiger partial charge in [-0.25, -0.2) is 9.13 Å². The molecule has 80 heavy (non-hydrogen) atoms. The van der Waals surface area contributed by atoms with Crippen molar-refractivity contribution in [1.29, 1.82) is 0 Å². The van der Waals surface area contributed by atoms with E-state index in [2.05, 4.69) is 41.5 Å². The van der Waals surface area contributed by atoms with E-state index in [9.17, 15) is 43.2 Å². The lowest BCUT2D eigenvalue weighted by Crippen LogP contribution is -2.30. The first kappa shape index (κ1) is 78.1. The Balaban J connectivity index is 5.18. The highest BCUT2D eigenvalue weighted by Gasteiger charge is 2.30. The van der Waals surface area contributed by atoms with Crippen molar-refractivity contribution in [1.82, 2.24) is 0 Å². The third-order valence-electron chi connectivity index (χ3n) is 14.0. The molecule has 0 bridgehead atoms. The summed E-state index contributed by atoms with van der Waals surface area (Å²) in [7, 11) is -9.87. The summed E-state index contributed by atoms with van der Waals surface area (Å²) in [5.41, 5.74) is 0. The summed E-state index contributed by atoms with van der Waals surface area (Å²) in [5.74, 6) is -0.717. The molecule has 0 aliphatic heterocycles. The first-order chi connectivity index (χ1) is 38.4. The van der Waals surface area contributed by atoms with Crippen molar-refractivity contribution in [3.05, 3.63) is 0 Å². The molecule has 2 unspecified atom stereocenters. The summed E-state index contributed by atoms with van der Waals surface area (Å²) < 4.78 is 67.7. The number of esters is 4. The zero-order chi connectivity index (χ0) is 59.4. The fraction of sp³-hybridized carbons (Fsp3) is 0.934. The molecule has 17 nitrogen and oxygen atoms in total. The Morgan fingerprint density at radius 3 is 0.850 bits per heavy atom. The fourth-order valence-electron chi connectivity index (χ4n) is 9.00. The number of hydrogen-bond acceptors (Lipinski definition) is 15. The van der Waals surface area contributed by atoms with Crippen LogP contribution in [0.4, 0.5) is 0 Å². The highest BCUT2D eigenvalue weighted by atomic mass is 31.2. The van der Waals surface area contributed by atoms with Gasteiger partial charge in [-0.05, 0) is 37.5 Å². The molecule has 0 fully saturated rings. The Morgan fingerprint density at radius 2 is 0.575 bits per heavy atom. The molecule has 0 aromatic rings. The van der Waals surface area contributed by atoms with Gasteiger partial charge in [0.2, 0.25) is 0 Å². The minimum Gasteiger partial charge on any atom is -0.462 e. The van der Waals surface area contributed by atoms with Crippen LogP contribution in [0.2, 0.25) is 0 Å². The minimum atomic E-state index is -4.94. The molecular formula is C61H118O17P2. The molecule has 0 aliphatic carbocycles. The van der Waals surface area contributed by atoms with Gasteiger partial charge in [-0.3, -0.25) is 37.3 Å². The molecule has 0 amide bonds. The molecule has 0 heterocycles. The monoisotopic (exact) mass is 1180 g/mol. The van der Waals surface area contributed by atoms with Crippen molar-refractivity contribution in [2.75, 3.05) is 39.6 Å². The van der Waals surface area contributed by atoms with Crippen LogP contribution in [0.3, 0.4) is 0 Å². The molecule has 0 rings (SSSR count). The number of rotatable bonds is 60. The number of carbonyl (C=O) groups is 4. The summed E-state index contributed by atoms with van der Waals surface area (Å²) in [6, 6.07) is 0. The van der Waals surface area contributed by atoms with Gasteiger partial charge < -0.3 is 33.8 Å². The van der Waals surface area contributed by atoms with Gasteiger partial charge in [-0.1, -0.05) is 247 Å². The molecule has 0 aromatic carbocycles. The van der Waals surface area contributed by atoms with Crippen LogP contribution in [-0.4, -0.2) is 96.7 Å². The predicted octanol–water partition coefficient (Wildman–Crippen LogP) is 16.5. The number of aliphatic hydroxyl groups is 1. The molecule has 0 aromatic heterocycles. The number of ether oxygens (including phenoxy) is 4. The van der Waals surface area contributed by atoms with Crippen LogP contribution >= 0.6 is 15.6 Å². The highest BCUT2D eigenvalue weighted by molar-refractivity contribution is 7.47. The SMILES string of the molecule is CCCCCCCCCCCCCCC(=O)OC[C@H](COP(=O)(O)OC[C@@H](O)COP(=O)(O)OC[C@@H](COC(=O)CCCCCCC)OC(=O)CCCCCCCCC(C)C)OC(=O)CCCCCCCCCCCCCC(C)C. The van der Waals surface area contributed by atoms with Crippen molar-refractivity contribution in [3.8, 4) is 0 Å². The highest BCUT2D eigenvalue weighted by Crippen LogP contribution is 2.45. The molecule has 474 valence electrons. The van der Waals surface area contributed by atoms with Crippen molar-refractivity contribution in [3.63, 3.8) is 0 Å². The van der Waals surface area contributed by atoms with Crippen molar-refractivity contribution < 1.29 is 80.2 Å². The third kappa shape index (κ3) is 55.3. The van der Waals surface area contributed by atoms with E-state index < -0.39 is 97.5 Å². The maximum Gasteiger partial charge on any atom is 0.472 e. The van der Waals surface area contributed by atoms with Crippen LogP contribution < -0.4 is 0 Å². The number of hydrogen-bond donors (Lipinski definition) is 3. The summed E-state index contributed by atoms with van der Waals surface area (Å²) in [4.78, 5) is 71.8. The van der Waals surface area contributed by atoms with E-state index in [0.717, 1.165) is 102 Å². The molecular weight excluding hydrogens is 1070 g/mol. The van der Waals surface area contributed by atoms with E-state index >= 15 is 0 Å². The Hall–Kier alpha value is -1.94. The Morgan fingerprint density at radius 1 is 0.338 bits per heavy atom. The summed E-state index contributed by atoms with van der Waals surface area (Å²) in [5, 5.41) is 10.5. The van der Waals surface area contributed by atoms with E-state index in [1.165, 1.54) is 109 Å². The summed E-state index contributed by atoms with van der Waals surface area (Å²) in [6.07, 6.45) is 35.3. The minimum absolute atomic E-state index is 0.101. The largest absolute Gasteiger partial charge is 0.472 e. The second kappa shape index (κ2) is 53.8. The molecule has 5 atom stereocenters. The van der Waals surface area contributed by atoms with Crippen molar-refractivity contribution in [2.45, 2.75) is 317 Å². The van der Waals surface area contributed by atoms with Crippen molar-refractivity contribution in [2.24, 2.45) is 11.8 Å². The molecule has 19 heteroatoms. The number of aliphatic hydroxyl groups excluding tert-OH is 1. The number of phosphoric ester groups is 2. The molecule has 0 aliphatic rings. The van der Waals surface area contributed by atoms with Crippen LogP contribution in [0.15, 0.2) is 0 Å². The van der Waals surface area contributed by atoms with E-state index in [-0.39, 0.29) is 25.7 Å². The first-order valence-corrected chi connectivity index (χ1v) is 35.0. The lowest BCUT2D eigenvalue weighted by molar-refractivity contribution is -0.161. The van der Waals surface area contributed by atoms with Gasteiger partial charge >= 0.3 is 39.5 Å². The van der Waals surface area contributed by atoms with Gasteiger partial charge in [0.15, 0.2) is 12.2 Å². The summed E-state index contributed by atoms with van der Waals surface area (Å²) in [6.45, 7) is 9.29. The maximum atomic E-state index is 12.9. The van der Waals surface area contributed by atoms with Crippen LogP contribution in [0.25, 0.3) is 0 Å². The van der Waals surface area contributed by atoms with E-state index in [0.29, 0.717) is 31.6 Å². The first-order valence-electron chi connectivity index (χ1n) is 32.0. The molecule has 3 N–H and O–H groups in total. The topological polar surface area (TPSA) is 237 Å². The fourth-order valence-corrected chi connectivity index (χ4v) is 10.6. The Bertz CT molecular complexity index is 1580. The molecule has 0 saturated heterocycles. The lowest BCUT2D eigenvalue weighted by atomic mass is 10.0. The lowest BCUT2D eigenvalue weighted by Gasteiger charge is -2.21. The maximum absolute atomic E-state index is 12.9. The summed E-state index contributed by atoms with van der Waals surface area (Å²) >= 11 is 0. The third-order valence-corrected chi connectivity index (χ3v) is 15.9. The van der Waals surface area contributed by atoms with Gasteiger partial charge in [0, 0.05) is 25.7 Å². The average Bonchev–Trinajstić information content (AvgIpc) is 3.41. The van der Waals surface area contributed by atoms with Crippen molar-refractivity contribution >= 4 is 39.5 Å². The van der Waals surface area contributed by atoms with Gasteiger partial charge in [-0.2, -0.15) is 0 Å². The van der Waals surface area contributed by atoms with E-state index in [1.807, 2.05) is 0 Å². The van der Waals surface area contributed by atoms with Crippen LogP contribution in [0.1, 0.15) is 298 Å². The van der Waals surface area contributed by atoms with Crippen LogP contribution in [0, 0.1) is 11.8 Å². The average molecular weight is 1190 g/mol. The quantitative estimate of drug-likeness (QED) is 0.0222. The molecule has 0 radical (unpaired) electrons.